The van der Waals surface area contributed by atoms with Crippen LogP contribution >= 0.6 is 0 Å². The highest BCUT2D eigenvalue weighted by Gasteiger charge is 2.25. The summed E-state index contributed by atoms with van der Waals surface area (Å²) in [5, 5.41) is 4.08. The zero-order valence-corrected chi connectivity index (χ0v) is 12.5. The summed E-state index contributed by atoms with van der Waals surface area (Å²) >= 11 is 0. The first-order valence-corrected chi connectivity index (χ1v) is 7.15. The quantitative estimate of drug-likeness (QED) is 0.907. The maximum Gasteiger partial charge on any atom is 0.232 e. The molecule has 2 N–H and O–H groups in total. The average Bonchev–Trinajstić information content (AvgIpc) is 2.78. The third-order valence-electron chi connectivity index (χ3n) is 3.87. The molecule has 0 bridgehead atoms. The van der Waals surface area contributed by atoms with Crippen LogP contribution in [0.25, 0.3) is 0 Å². The smallest absolute Gasteiger partial charge is 0.232 e. The van der Waals surface area contributed by atoms with Gasteiger partial charge in [-0.3, -0.25) is 4.90 Å². The van der Waals surface area contributed by atoms with Crippen molar-refractivity contribution >= 4 is 0 Å². The zero-order valence-electron chi connectivity index (χ0n) is 12.5. The minimum absolute atomic E-state index is 0.0819. The van der Waals surface area contributed by atoms with Crippen molar-refractivity contribution in [3.05, 3.63) is 11.7 Å². The van der Waals surface area contributed by atoms with E-state index >= 15 is 0 Å². The van der Waals surface area contributed by atoms with Gasteiger partial charge in [0, 0.05) is 17.5 Å². The number of rotatable bonds is 3. The summed E-state index contributed by atoms with van der Waals surface area (Å²) in [4.78, 5) is 6.81. The van der Waals surface area contributed by atoms with Gasteiger partial charge in [0.05, 0.1) is 6.54 Å². The number of aromatic nitrogens is 2. The van der Waals surface area contributed by atoms with E-state index in [1.807, 2.05) is 0 Å². The molecule has 1 saturated carbocycles. The normalized spacial score (nSPS) is 24.9. The predicted octanol–water partition coefficient (Wildman–Crippen LogP) is 2.07. The van der Waals surface area contributed by atoms with Crippen molar-refractivity contribution in [2.45, 2.75) is 70.5 Å². The van der Waals surface area contributed by atoms with Crippen LogP contribution in [0.2, 0.25) is 0 Å². The third-order valence-corrected chi connectivity index (χ3v) is 3.87. The summed E-state index contributed by atoms with van der Waals surface area (Å²) in [5.41, 5.74) is 5.86. The van der Waals surface area contributed by atoms with E-state index in [1.54, 1.807) is 0 Å². The summed E-state index contributed by atoms with van der Waals surface area (Å²) in [6.45, 7) is 6.99. The highest BCUT2D eigenvalue weighted by molar-refractivity contribution is 4.98. The second kappa shape index (κ2) is 5.59. The first kappa shape index (κ1) is 14.5. The summed E-state index contributed by atoms with van der Waals surface area (Å²) < 4.78 is 5.33. The molecular formula is C14H26N4O. The van der Waals surface area contributed by atoms with Crippen LogP contribution < -0.4 is 5.73 Å². The molecule has 0 aromatic carbocycles. The van der Waals surface area contributed by atoms with E-state index in [1.165, 1.54) is 12.8 Å². The summed E-state index contributed by atoms with van der Waals surface area (Å²) in [6, 6.07) is 0.985. The van der Waals surface area contributed by atoms with E-state index in [9.17, 15) is 0 Å². The van der Waals surface area contributed by atoms with Crippen LogP contribution in [-0.2, 0) is 12.0 Å². The number of hydrogen-bond acceptors (Lipinski definition) is 5. The molecule has 0 atom stereocenters. The number of nitrogens with two attached hydrogens (primary N) is 1. The van der Waals surface area contributed by atoms with Crippen LogP contribution in [0.15, 0.2) is 4.52 Å². The van der Waals surface area contributed by atoms with Gasteiger partial charge in [-0.05, 0) is 32.7 Å². The lowest BCUT2D eigenvalue weighted by molar-refractivity contribution is 0.171. The standard InChI is InChI=1S/C14H26N4O/c1-14(2,3)13-16-12(17-19-13)9-18(4)11-7-5-10(15)6-8-11/h10-11H,5-9,15H2,1-4H3. The van der Waals surface area contributed by atoms with Gasteiger partial charge in [0.2, 0.25) is 5.89 Å². The van der Waals surface area contributed by atoms with Gasteiger partial charge in [-0.25, -0.2) is 0 Å². The minimum atomic E-state index is -0.0819. The molecule has 5 heteroatoms. The lowest BCUT2D eigenvalue weighted by atomic mass is 9.91. The molecule has 0 amide bonds. The van der Waals surface area contributed by atoms with Crippen LogP contribution in [0.4, 0.5) is 0 Å². The van der Waals surface area contributed by atoms with Gasteiger partial charge in [0.25, 0.3) is 0 Å². The number of hydrogen-bond donors (Lipinski definition) is 1. The SMILES string of the molecule is CN(Cc1noc(C(C)(C)C)n1)C1CCC(N)CC1. The first-order valence-electron chi connectivity index (χ1n) is 7.15. The Morgan fingerprint density at radius 2 is 1.89 bits per heavy atom. The van der Waals surface area contributed by atoms with Crippen LogP contribution in [0.5, 0.6) is 0 Å². The molecule has 0 aliphatic heterocycles. The van der Waals surface area contributed by atoms with Gasteiger partial charge in [0.15, 0.2) is 5.82 Å². The molecule has 1 heterocycles. The first-order chi connectivity index (χ1) is 8.86. The Hall–Kier alpha value is -0.940. The van der Waals surface area contributed by atoms with Crippen molar-refractivity contribution < 1.29 is 4.52 Å². The van der Waals surface area contributed by atoms with E-state index in [-0.39, 0.29) is 5.41 Å². The molecule has 0 radical (unpaired) electrons. The van der Waals surface area contributed by atoms with Gasteiger partial charge in [0.1, 0.15) is 0 Å². The van der Waals surface area contributed by atoms with E-state index in [0.717, 1.165) is 25.2 Å². The Balaban J connectivity index is 1.92. The number of nitrogens with zero attached hydrogens (tertiary/aromatic N) is 3. The van der Waals surface area contributed by atoms with Crippen molar-refractivity contribution in [2.75, 3.05) is 7.05 Å². The van der Waals surface area contributed by atoms with Gasteiger partial charge in [-0.15, -0.1) is 0 Å². The zero-order chi connectivity index (χ0) is 14.0. The van der Waals surface area contributed by atoms with Gasteiger partial charge in [-0.2, -0.15) is 4.98 Å². The Bertz CT molecular complexity index is 402. The van der Waals surface area contributed by atoms with E-state index in [4.69, 9.17) is 10.3 Å². The maximum absolute atomic E-state index is 5.94. The largest absolute Gasteiger partial charge is 0.339 e. The van der Waals surface area contributed by atoms with Gasteiger partial charge >= 0.3 is 0 Å². The molecule has 108 valence electrons. The third kappa shape index (κ3) is 3.76. The van der Waals surface area contributed by atoms with Gasteiger partial charge in [-0.1, -0.05) is 25.9 Å². The van der Waals surface area contributed by atoms with Crippen molar-refractivity contribution in [3.8, 4) is 0 Å². The fourth-order valence-electron chi connectivity index (χ4n) is 2.52. The van der Waals surface area contributed by atoms with Crippen molar-refractivity contribution in [1.82, 2.24) is 15.0 Å². The van der Waals surface area contributed by atoms with Crippen molar-refractivity contribution in [3.63, 3.8) is 0 Å². The molecule has 0 unspecified atom stereocenters. The molecule has 0 saturated heterocycles. The highest BCUT2D eigenvalue weighted by Crippen LogP contribution is 2.23. The molecule has 1 fully saturated rings. The maximum atomic E-state index is 5.94. The summed E-state index contributed by atoms with van der Waals surface area (Å²) in [6.07, 6.45) is 4.58. The molecule has 1 aromatic rings. The van der Waals surface area contributed by atoms with Crippen LogP contribution in [-0.4, -0.2) is 34.2 Å². The Morgan fingerprint density at radius 1 is 1.26 bits per heavy atom. The molecule has 1 aliphatic rings. The Labute approximate surface area is 115 Å². The van der Waals surface area contributed by atoms with Gasteiger partial charge < -0.3 is 10.3 Å². The molecule has 19 heavy (non-hydrogen) atoms. The Kier molecular flexibility index (Phi) is 4.26. The average molecular weight is 266 g/mol. The topological polar surface area (TPSA) is 68.2 Å². The summed E-state index contributed by atoms with van der Waals surface area (Å²) in [7, 11) is 2.13. The second-order valence-corrected chi connectivity index (χ2v) is 6.75. The second-order valence-electron chi connectivity index (χ2n) is 6.75. The highest BCUT2D eigenvalue weighted by atomic mass is 16.5. The fourth-order valence-corrected chi connectivity index (χ4v) is 2.52. The fraction of sp³-hybridized carbons (Fsp3) is 0.857. The van der Waals surface area contributed by atoms with E-state index in [0.29, 0.717) is 18.0 Å². The van der Waals surface area contributed by atoms with Crippen LogP contribution in [0, 0.1) is 0 Å². The predicted molar refractivity (Wildman–Crippen MR) is 74.7 cm³/mol. The van der Waals surface area contributed by atoms with Crippen LogP contribution in [0.3, 0.4) is 0 Å². The molecule has 5 nitrogen and oxygen atoms in total. The van der Waals surface area contributed by atoms with Crippen molar-refractivity contribution in [1.29, 1.82) is 0 Å². The summed E-state index contributed by atoms with van der Waals surface area (Å²) in [5.74, 6) is 1.49. The monoisotopic (exact) mass is 266 g/mol. The molecular weight excluding hydrogens is 240 g/mol. The van der Waals surface area contributed by atoms with E-state index in [2.05, 4.69) is 42.9 Å². The van der Waals surface area contributed by atoms with E-state index < -0.39 is 0 Å². The molecule has 1 aromatic heterocycles. The minimum Gasteiger partial charge on any atom is -0.339 e. The lowest BCUT2D eigenvalue weighted by Gasteiger charge is -2.32. The molecule has 0 spiro atoms. The molecule has 2 rings (SSSR count). The molecule has 1 aliphatic carbocycles. The van der Waals surface area contributed by atoms with Crippen LogP contribution in [0.1, 0.15) is 58.2 Å². The lowest BCUT2D eigenvalue weighted by Crippen LogP contribution is -2.38. The Morgan fingerprint density at radius 3 is 2.42 bits per heavy atom. The van der Waals surface area contributed by atoms with Crippen molar-refractivity contribution in [2.24, 2.45) is 5.73 Å².